The number of methoxy groups -OCH3 is 1. The Labute approximate surface area is 170 Å². The van der Waals surface area contributed by atoms with Crippen LogP contribution in [0.4, 0.5) is 5.82 Å². The number of hydrogen-bond donors (Lipinski definition) is 2. The molecule has 7 heteroatoms. The molecule has 0 fully saturated rings. The second kappa shape index (κ2) is 6.79. The highest BCUT2D eigenvalue weighted by atomic mass is 16.5. The highest BCUT2D eigenvalue weighted by Gasteiger charge is 2.32. The number of hydrogen-bond acceptors (Lipinski definition) is 5. The maximum absolute atomic E-state index is 5.50. The molecule has 0 saturated heterocycles. The monoisotopic (exact) mass is 390 g/mol. The summed E-state index contributed by atoms with van der Waals surface area (Å²) >= 11 is 0. The fraction of sp³-hybridized carbons (Fsp3) is 0.318. The van der Waals surface area contributed by atoms with Crippen LogP contribution in [0.15, 0.2) is 47.2 Å². The van der Waals surface area contributed by atoms with Crippen LogP contribution in [0, 0.1) is 0 Å². The van der Waals surface area contributed by atoms with Crippen LogP contribution in [0.2, 0.25) is 0 Å². The van der Waals surface area contributed by atoms with Gasteiger partial charge in [-0.05, 0) is 38.4 Å². The van der Waals surface area contributed by atoms with E-state index < -0.39 is 0 Å². The highest BCUT2D eigenvalue weighted by Crippen LogP contribution is 2.42. The molecule has 1 aromatic carbocycles. The van der Waals surface area contributed by atoms with Crippen LogP contribution < -0.4 is 10.2 Å². The van der Waals surface area contributed by atoms with E-state index in [4.69, 9.17) is 4.74 Å². The lowest BCUT2D eigenvalue weighted by Gasteiger charge is -2.23. The number of aliphatic imine (C=N–C) groups is 1. The summed E-state index contributed by atoms with van der Waals surface area (Å²) in [5, 5.41) is 3.29. The molecule has 150 valence electrons. The summed E-state index contributed by atoms with van der Waals surface area (Å²) in [6, 6.07) is 8.71. The van der Waals surface area contributed by atoms with E-state index >= 15 is 0 Å². The summed E-state index contributed by atoms with van der Waals surface area (Å²) in [6.07, 6.45) is 6.19. The summed E-state index contributed by atoms with van der Waals surface area (Å²) in [6.45, 7) is 1.91. The predicted molar refractivity (Wildman–Crippen MR) is 117 cm³/mol. The minimum absolute atomic E-state index is 0.184. The second-order valence-electron chi connectivity index (χ2n) is 7.95. The fourth-order valence-corrected chi connectivity index (χ4v) is 4.22. The molecule has 29 heavy (non-hydrogen) atoms. The van der Waals surface area contributed by atoms with Crippen molar-refractivity contribution in [3.05, 3.63) is 47.8 Å². The molecule has 0 radical (unpaired) electrons. The van der Waals surface area contributed by atoms with Gasteiger partial charge >= 0.3 is 0 Å². The zero-order valence-corrected chi connectivity index (χ0v) is 17.2. The first-order chi connectivity index (χ1) is 14.0. The van der Waals surface area contributed by atoms with Gasteiger partial charge in [0.25, 0.3) is 0 Å². The molecule has 0 aliphatic carbocycles. The van der Waals surface area contributed by atoms with Crippen molar-refractivity contribution in [3.63, 3.8) is 0 Å². The third-order valence-electron chi connectivity index (χ3n) is 5.77. The Morgan fingerprint density at radius 2 is 2.10 bits per heavy atom. The Morgan fingerprint density at radius 3 is 2.90 bits per heavy atom. The van der Waals surface area contributed by atoms with E-state index in [0.717, 1.165) is 30.4 Å². The van der Waals surface area contributed by atoms with E-state index in [-0.39, 0.29) is 6.04 Å². The maximum atomic E-state index is 5.50. The van der Waals surface area contributed by atoms with Crippen LogP contribution in [0.5, 0.6) is 5.75 Å². The van der Waals surface area contributed by atoms with Gasteiger partial charge in [-0.25, -0.2) is 10.0 Å². The average molecular weight is 390 g/mol. The van der Waals surface area contributed by atoms with Crippen LogP contribution in [0.25, 0.3) is 22.2 Å². The minimum Gasteiger partial charge on any atom is -0.497 e. The topological polar surface area (TPSA) is 60.8 Å². The normalized spacial score (nSPS) is 18.1. The number of ether oxygens (including phenoxy) is 1. The number of hydrazine groups is 1. The van der Waals surface area contributed by atoms with Gasteiger partial charge in [-0.3, -0.25) is 0 Å². The molecule has 2 aliphatic heterocycles. The van der Waals surface area contributed by atoms with E-state index in [1.54, 1.807) is 7.11 Å². The van der Waals surface area contributed by atoms with E-state index in [2.05, 4.69) is 75.4 Å². The van der Waals surface area contributed by atoms with Crippen molar-refractivity contribution in [2.45, 2.75) is 12.6 Å². The van der Waals surface area contributed by atoms with Crippen molar-refractivity contribution < 1.29 is 4.74 Å². The van der Waals surface area contributed by atoms with E-state index in [1.807, 2.05) is 18.5 Å². The lowest BCUT2D eigenvalue weighted by molar-refractivity contribution is 0.253. The van der Waals surface area contributed by atoms with Crippen LogP contribution in [-0.4, -0.2) is 60.5 Å². The van der Waals surface area contributed by atoms with Crippen LogP contribution >= 0.6 is 0 Å². The first-order valence-electron chi connectivity index (χ1n) is 9.83. The van der Waals surface area contributed by atoms with Gasteiger partial charge in [-0.15, -0.1) is 0 Å². The van der Waals surface area contributed by atoms with Gasteiger partial charge in [0.1, 0.15) is 11.6 Å². The zero-order valence-electron chi connectivity index (χ0n) is 17.2. The van der Waals surface area contributed by atoms with Crippen molar-refractivity contribution in [2.24, 2.45) is 4.99 Å². The molecule has 4 heterocycles. The quantitative estimate of drug-likeness (QED) is 0.702. The number of nitrogens with zero attached hydrogens (tertiary/aromatic N) is 4. The first kappa shape index (κ1) is 18.0. The summed E-state index contributed by atoms with van der Waals surface area (Å²) in [5.74, 6) is 1.79. The zero-order chi connectivity index (χ0) is 20.1. The molecule has 2 N–H and O–H groups in total. The summed E-state index contributed by atoms with van der Waals surface area (Å²) in [4.78, 5) is 10.4. The molecular formula is C22H26N6O. The van der Waals surface area contributed by atoms with Gasteiger partial charge in [0.05, 0.1) is 13.2 Å². The van der Waals surface area contributed by atoms with Gasteiger partial charge < -0.3 is 24.6 Å². The van der Waals surface area contributed by atoms with E-state index in [1.165, 1.54) is 27.6 Å². The van der Waals surface area contributed by atoms with Crippen molar-refractivity contribution in [1.29, 1.82) is 0 Å². The van der Waals surface area contributed by atoms with E-state index in [0.29, 0.717) is 0 Å². The Morgan fingerprint density at radius 1 is 1.24 bits per heavy atom. The summed E-state index contributed by atoms with van der Waals surface area (Å²) in [5.41, 5.74) is 9.10. The molecule has 5 rings (SSSR count). The highest BCUT2D eigenvalue weighted by molar-refractivity contribution is 5.97. The number of likely N-dealkylation sites (N-methyl/N-ethyl adjacent to an activating group) is 2. The number of aromatic amines is 1. The number of benzene rings is 1. The molecule has 0 bridgehead atoms. The van der Waals surface area contributed by atoms with Gasteiger partial charge in [0, 0.05) is 72.0 Å². The Hall–Kier alpha value is -3.03. The Kier molecular flexibility index (Phi) is 4.22. The van der Waals surface area contributed by atoms with Crippen molar-refractivity contribution in [1.82, 2.24) is 24.9 Å². The van der Waals surface area contributed by atoms with Gasteiger partial charge in [-0.2, -0.15) is 0 Å². The van der Waals surface area contributed by atoms with Crippen molar-refractivity contribution >= 4 is 22.9 Å². The SMILES string of the molecule is COc1ccc2c(c1)c(-c1cc3c([nH]1)N=CC1=CNN(C)C13)cn2CCN(C)C. The second-order valence-corrected chi connectivity index (χ2v) is 7.95. The number of nitrogens with one attached hydrogen (secondary N) is 2. The minimum atomic E-state index is 0.184. The number of fused-ring (bicyclic) bond motifs is 4. The molecule has 7 nitrogen and oxygen atoms in total. The van der Waals surface area contributed by atoms with E-state index in [9.17, 15) is 0 Å². The number of rotatable bonds is 5. The largest absolute Gasteiger partial charge is 0.497 e. The molecule has 0 saturated carbocycles. The van der Waals surface area contributed by atoms with Crippen LogP contribution in [0.1, 0.15) is 11.6 Å². The van der Waals surface area contributed by atoms with Crippen LogP contribution in [-0.2, 0) is 6.54 Å². The summed E-state index contributed by atoms with van der Waals surface area (Å²) < 4.78 is 7.82. The molecule has 0 amide bonds. The molecule has 2 aromatic heterocycles. The lowest BCUT2D eigenvalue weighted by atomic mass is 10.00. The molecular weight excluding hydrogens is 364 g/mol. The third kappa shape index (κ3) is 2.94. The smallest absolute Gasteiger partial charge is 0.135 e. The average Bonchev–Trinajstić information content (AvgIpc) is 3.40. The molecule has 3 aromatic rings. The first-order valence-corrected chi connectivity index (χ1v) is 9.83. The van der Waals surface area contributed by atoms with Gasteiger partial charge in [0.15, 0.2) is 0 Å². The number of H-pyrrole nitrogens is 1. The summed E-state index contributed by atoms with van der Waals surface area (Å²) in [7, 11) is 7.97. The predicted octanol–water partition coefficient (Wildman–Crippen LogP) is 3.30. The van der Waals surface area contributed by atoms with Gasteiger partial charge in [0.2, 0.25) is 0 Å². The molecule has 0 spiro atoms. The number of aromatic nitrogens is 2. The van der Waals surface area contributed by atoms with Crippen LogP contribution in [0.3, 0.4) is 0 Å². The van der Waals surface area contributed by atoms with Crippen molar-refractivity contribution in [2.75, 3.05) is 34.8 Å². The molecule has 1 atom stereocenters. The fourth-order valence-electron chi connectivity index (χ4n) is 4.22. The Bertz CT molecular complexity index is 1140. The molecule has 1 unspecified atom stereocenters. The lowest BCUT2D eigenvalue weighted by Crippen LogP contribution is -2.29. The maximum Gasteiger partial charge on any atom is 0.135 e. The standard InChI is InChI=1S/C22H26N6O/c1-26(2)7-8-28-13-18(16-9-15(29-4)5-6-20(16)28)19-10-17-21-14(12-24-27(21)3)11-23-22(17)25-19/h5-6,9-13,21,24-25H,7-8H2,1-4H3. The Balaban J connectivity index is 1.63. The third-order valence-corrected chi connectivity index (χ3v) is 5.77. The van der Waals surface area contributed by atoms with Gasteiger partial charge in [-0.1, -0.05) is 0 Å². The van der Waals surface area contributed by atoms with Crippen molar-refractivity contribution in [3.8, 4) is 17.0 Å². The molecule has 2 aliphatic rings.